The number of benzene rings is 1. The second-order valence-corrected chi connectivity index (χ2v) is 10.7. The van der Waals surface area contributed by atoms with Crippen LogP contribution < -0.4 is 9.47 Å². The molecular formula is C25H42O2Se. The number of unbranched alkanes of at least 4 members (excludes halogenated alkanes) is 9. The summed E-state index contributed by atoms with van der Waals surface area (Å²) in [5.74, 6) is 2.18. The first-order valence-corrected chi connectivity index (χ1v) is 14.1. The molecule has 1 aliphatic heterocycles. The van der Waals surface area contributed by atoms with E-state index in [0.717, 1.165) is 39.5 Å². The van der Waals surface area contributed by atoms with Crippen LogP contribution in [-0.2, 0) is 6.42 Å². The van der Waals surface area contributed by atoms with Crippen LogP contribution in [0.5, 0.6) is 11.5 Å². The first kappa shape index (κ1) is 23.6. The van der Waals surface area contributed by atoms with Gasteiger partial charge < -0.3 is 0 Å². The Morgan fingerprint density at radius 2 is 1.61 bits per heavy atom. The van der Waals surface area contributed by atoms with Gasteiger partial charge in [-0.25, -0.2) is 0 Å². The topological polar surface area (TPSA) is 18.5 Å². The standard InChI is InChI=1S/C25H42O2Se/c1-5-7-8-9-10-11-12-13-14-15-16-28-19-22-18-23-21(4)25(26-6-2)20(3)17-24(23)27-22/h17,22H,5-16,18-19H2,1-4H3. The van der Waals surface area contributed by atoms with E-state index in [2.05, 4.69) is 33.8 Å². The molecule has 160 valence electrons. The quantitative estimate of drug-likeness (QED) is 0.203. The molecule has 1 heterocycles. The average Bonchev–Trinajstić information content (AvgIpc) is 3.09. The van der Waals surface area contributed by atoms with Crippen LogP contribution in [0.15, 0.2) is 6.07 Å². The number of hydrogen-bond donors (Lipinski definition) is 0. The Labute approximate surface area is 180 Å². The molecule has 2 nitrogen and oxygen atoms in total. The molecule has 0 aromatic heterocycles. The van der Waals surface area contributed by atoms with Crippen LogP contribution in [0.3, 0.4) is 0 Å². The number of hydrogen-bond acceptors (Lipinski definition) is 2. The normalized spacial score (nSPS) is 15.5. The molecule has 28 heavy (non-hydrogen) atoms. The van der Waals surface area contributed by atoms with E-state index in [-0.39, 0.29) is 0 Å². The fourth-order valence-corrected chi connectivity index (χ4v) is 6.29. The van der Waals surface area contributed by atoms with Crippen LogP contribution in [0, 0.1) is 13.8 Å². The van der Waals surface area contributed by atoms with Gasteiger partial charge >= 0.3 is 180 Å². The number of ether oxygens (including phenoxy) is 2. The summed E-state index contributed by atoms with van der Waals surface area (Å²) in [5.41, 5.74) is 3.88. The predicted molar refractivity (Wildman–Crippen MR) is 122 cm³/mol. The maximum atomic E-state index is 6.26. The van der Waals surface area contributed by atoms with Crippen LogP contribution in [0.4, 0.5) is 0 Å². The van der Waals surface area contributed by atoms with Crippen molar-refractivity contribution in [1.82, 2.24) is 0 Å². The molecular weight excluding hydrogens is 411 g/mol. The molecule has 0 radical (unpaired) electrons. The Morgan fingerprint density at radius 3 is 2.25 bits per heavy atom. The third-order valence-electron chi connectivity index (χ3n) is 5.76. The summed E-state index contributed by atoms with van der Waals surface area (Å²) in [7, 11) is 0. The van der Waals surface area contributed by atoms with Crippen LogP contribution in [0.25, 0.3) is 0 Å². The van der Waals surface area contributed by atoms with Crippen LogP contribution in [0.2, 0.25) is 10.6 Å². The molecule has 2 rings (SSSR count). The zero-order valence-electron chi connectivity index (χ0n) is 18.8. The second kappa shape index (κ2) is 13.5. The van der Waals surface area contributed by atoms with Crippen molar-refractivity contribution in [2.45, 2.75) is 115 Å². The van der Waals surface area contributed by atoms with E-state index in [0.29, 0.717) is 6.10 Å². The molecule has 0 bridgehead atoms. The zero-order valence-corrected chi connectivity index (χ0v) is 20.5. The van der Waals surface area contributed by atoms with Gasteiger partial charge in [0, 0.05) is 0 Å². The van der Waals surface area contributed by atoms with Gasteiger partial charge in [-0.05, 0) is 0 Å². The van der Waals surface area contributed by atoms with Gasteiger partial charge in [0.05, 0.1) is 0 Å². The SMILES string of the molecule is CCCCCCCCCCCC[Se]CC1Cc2c(cc(C)c(OCC)c2C)O1. The molecule has 0 saturated heterocycles. The Bertz CT molecular complexity index is 570. The van der Waals surface area contributed by atoms with Gasteiger partial charge in [0.25, 0.3) is 0 Å². The van der Waals surface area contributed by atoms with Crippen molar-refractivity contribution in [3.05, 3.63) is 22.8 Å². The predicted octanol–water partition coefficient (Wildman–Crippen LogP) is 7.47. The molecule has 1 unspecified atom stereocenters. The van der Waals surface area contributed by atoms with Gasteiger partial charge in [0.15, 0.2) is 0 Å². The molecule has 3 heteroatoms. The summed E-state index contributed by atoms with van der Waals surface area (Å²) in [6.07, 6.45) is 15.8. The zero-order chi connectivity index (χ0) is 20.2. The fourth-order valence-electron chi connectivity index (χ4n) is 4.14. The molecule has 1 aromatic rings. The molecule has 1 aromatic carbocycles. The van der Waals surface area contributed by atoms with Gasteiger partial charge in [-0.1, -0.05) is 0 Å². The molecule has 0 spiro atoms. The van der Waals surface area contributed by atoms with E-state index in [1.807, 2.05) is 0 Å². The summed E-state index contributed by atoms with van der Waals surface area (Å²) < 4.78 is 12.1. The van der Waals surface area contributed by atoms with Crippen molar-refractivity contribution in [3.63, 3.8) is 0 Å². The van der Waals surface area contributed by atoms with Crippen molar-refractivity contribution < 1.29 is 9.47 Å². The van der Waals surface area contributed by atoms with Gasteiger partial charge in [-0.3, -0.25) is 0 Å². The Hall–Kier alpha value is -0.661. The Balaban J connectivity index is 1.54. The van der Waals surface area contributed by atoms with E-state index >= 15 is 0 Å². The first-order valence-electron chi connectivity index (χ1n) is 11.7. The van der Waals surface area contributed by atoms with Crippen molar-refractivity contribution >= 4 is 15.0 Å². The molecule has 0 amide bonds. The molecule has 0 saturated carbocycles. The Morgan fingerprint density at radius 1 is 0.964 bits per heavy atom. The number of aryl methyl sites for hydroxylation is 1. The minimum atomic E-state index is 0.396. The van der Waals surface area contributed by atoms with Crippen molar-refractivity contribution in [2.75, 3.05) is 6.61 Å². The van der Waals surface area contributed by atoms with Crippen LogP contribution in [-0.4, -0.2) is 27.7 Å². The second-order valence-electron chi connectivity index (χ2n) is 8.26. The third kappa shape index (κ3) is 7.64. The average molecular weight is 454 g/mol. The number of fused-ring (bicyclic) bond motifs is 1. The summed E-state index contributed by atoms with van der Waals surface area (Å²) >= 11 is 0.721. The Kier molecular flexibility index (Phi) is 11.4. The summed E-state index contributed by atoms with van der Waals surface area (Å²) in [5, 5.41) is 2.67. The summed E-state index contributed by atoms with van der Waals surface area (Å²) in [4.78, 5) is 0. The minimum absolute atomic E-state index is 0.396. The van der Waals surface area contributed by atoms with Crippen LogP contribution >= 0.6 is 0 Å². The van der Waals surface area contributed by atoms with Gasteiger partial charge in [0.2, 0.25) is 0 Å². The van der Waals surface area contributed by atoms with Gasteiger partial charge in [0.1, 0.15) is 0 Å². The van der Waals surface area contributed by atoms with E-state index in [9.17, 15) is 0 Å². The third-order valence-corrected chi connectivity index (χ3v) is 8.24. The van der Waals surface area contributed by atoms with E-state index in [1.165, 1.54) is 91.5 Å². The molecule has 1 atom stereocenters. The summed E-state index contributed by atoms with van der Waals surface area (Å²) in [6.45, 7) is 9.40. The van der Waals surface area contributed by atoms with Gasteiger partial charge in [-0.15, -0.1) is 0 Å². The van der Waals surface area contributed by atoms with Gasteiger partial charge in [-0.2, -0.15) is 0 Å². The van der Waals surface area contributed by atoms with E-state index in [4.69, 9.17) is 9.47 Å². The van der Waals surface area contributed by atoms with E-state index in [1.54, 1.807) is 0 Å². The molecule has 0 aliphatic carbocycles. The van der Waals surface area contributed by atoms with Crippen molar-refractivity contribution in [1.29, 1.82) is 0 Å². The first-order chi connectivity index (χ1) is 13.7. The van der Waals surface area contributed by atoms with E-state index < -0.39 is 0 Å². The maximum absolute atomic E-state index is 6.26. The van der Waals surface area contributed by atoms with Crippen molar-refractivity contribution in [2.24, 2.45) is 0 Å². The summed E-state index contributed by atoms with van der Waals surface area (Å²) in [6, 6.07) is 2.18. The monoisotopic (exact) mass is 454 g/mol. The van der Waals surface area contributed by atoms with Crippen LogP contribution in [0.1, 0.15) is 94.7 Å². The van der Waals surface area contributed by atoms with Crippen molar-refractivity contribution in [3.8, 4) is 11.5 Å². The molecule has 0 N–H and O–H groups in total. The fraction of sp³-hybridized carbons (Fsp3) is 0.760. The number of rotatable bonds is 15. The molecule has 0 fully saturated rings. The molecule has 1 aliphatic rings.